The molecule has 0 rings (SSSR count). The zero-order chi connectivity index (χ0) is 8.15. The van der Waals surface area contributed by atoms with Crippen LogP contribution in [-0.4, -0.2) is 29.0 Å². The van der Waals surface area contributed by atoms with E-state index in [9.17, 15) is 14.4 Å². The van der Waals surface area contributed by atoms with Crippen LogP contribution in [0.3, 0.4) is 0 Å². The van der Waals surface area contributed by atoms with Gasteiger partial charge in [-0.2, -0.15) is 4.99 Å². The molecule has 0 heterocycles. The second kappa shape index (κ2) is 3.53. The number of aliphatic imine (C=N–C) groups is 1. The molecule has 0 aromatic rings. The molecular formula is C5H5NO4. The van der Waals surface area contributed by atoms with Crippen LogP contribution in [0.2, 0.25) is 0 Å². The van der Waals surface area contributed by atoms with Gasteiger partial charge in [0.2, 0.25) is 6.08 Å². The number of ketones is 1. The first-order valence-electron chi connectivity index (χ1n) is 2.43. The highest BCUT2D eigenvalue weighted by Gasteiger charge is 2.18. The molecule has 0 aliphatic carbocycles. The predicted molar refractivity (Wildman–Crippen MR) is 30.2 cm³/mol. The first-order valence-corrected chi connectivity index (χ1v) is 2.43. The Hall–Kier alpha value is -1.48. The zero-order valence-electron chi connectivity index (χ0n) is 5.20. The van der Waals surface area contributed by atoms with E-state index in [1.54, 1.807) is 0 Å². The van der Waals surface area contributed by atoms with E-state index >= 15 is 0 Å². The molecule has 0 amide bonds. The fraction of sp³-hybridized carbons (Fsp3) is 0.400. The first kappa shape index (κ1) is 8.52. The maximum absolute atomic E-state index is 10.4. The van der Waals surface area contributed by atoms with Crippen LogP contribution >= 0.6 is 0 Å². The van der Waals surface area contributed by atoms with Crippen LogP contribution in [0, 0.1) is 0 Å². The molecule has 0 saturated heterocycles. The minimum Gasteiger partial charge on any atom is -0.475 e. The average molecular weight is 143 g/mol. The van der Waals surface area contributed by atoms with Gasteiger partial charge in [-0.25, -0.2) is 9.59 Å². The van der Waals surface area contributed by atoms with Crippen LogP contribution in [0.5, 0.6) is 0 Å². The zero-order valence-corrected chi connectivity index (χ0v) is 5.20. The minimum atomic E-state index is -1.59. The molecule has 0 aromatic carbocycles. The maximum Gasteiger partial charge on any atom is 0.374 e. The highest BCUT2D eigenvalue weighted by atomic mass is 16.4. The summed E-state index contributed by atoms with van der Waals surface area (Å²) in [5, 5.41) is 8.04. The largest absolute Gasteiger partial charge is 0.475 e. The standard InChI is InChI=1S/C5H5NO4/c1-3(6-2-7)4(8)5(9)10/h3H,1H3,(H,9,10). The Bertz CT molecular complexity index is 204. The van der Waals surface area contributed by atoms with E-state index < -0.39 is 17.8 Å². The molecule has 0 radical (unpaired) electrons. The van der Waals surface area contributed by atoms with Crippen LogP contribution < -0.4 is 0 Å². The van der Waals surface area contributed by atoms with E-state index in [4.69, 9.17) is 5.11 Å². The Kier molecular flexibility index (Phi) is 3.01. The molecule has 5 heteroatoms. The van der Waals surface area contributed by atoms with Crippen molar-refractivity contribution in [1.29, 1.82) is 0 Å². The highest BCUT2D eigenvalue weighted by Crippen LogP contribution is 1.89. The third-order valence-corrected chi connectivity index (χ3v) is 0.837. The fourth-order valence-electron chi connectivity index (χ4n) is 0.316. The van der Waals surface area contributed by atoms with E-state index in [0.29, 0.717) is 0 Å². The van der Waals surface area contributed by atoms with Crippen LogP contribution in [0.4, 0.5) is 0 Å². The summed E-state index contributed by atoms with van der Waals surface area (Å²) in [5.74, 6) is -2.70. The molecule has 5 nitrogen and oxygen atoms in total. The van der Waals surface area contributed by atoms with Crippen LogP contribution in [0.25, 0.3) is 0 Å². The highest BCUT2D eigenvalue weighted by molar-refractivity contribution is 6.34. The number of Topliss-reactive ketones (excluding diaryl/α,β-unsaturated/α-hetero) is 1. The molecule has 0 spiro atoms. The lowest BCUT2D eigenvalue weighted by molar-refractivity contribution is -0.149. The minimum absolute atomic E-state index is 1.09. The molecule has 10 heavy (non-hydrogen) atoms. The SMILES string of the molecule is CC(N=C=O)C(=O)C(=O)O. The van der Waals surface area contributed by atoms with E-state index in [-0.39, 0.29) is 0 Å². The fourth-order valence-corrected chi connectivity index (χ4v) is 0.316. The van der Waals surface area contributed by atoms with Gasteiger partial charge in [0.15, 0.2) is 0 Å². The monoisotopic (exact) mass is 143 g/mol. The van der Waals surface area contributed by atoms with Gasteiger partial charge >= 0.3 is 5.97 Å². The van der Waals surface area contributed by atoms with Crippen molar-refractivity contribution in [3.05, 3.63) is 0 Å². The molecule has 1 N–H and O–H groups in total. The van der Waals surface area contributed by atoms with Gasteiger partial charge in [0, 0.05) is 0 Å². The van der Waals surface area contributed by atoms with Crippen molar-refractivity contribution in [2.75, 3.05) is 0 Å². The number of aliphatic carboxylic acids is 1. The second-order valence-electron chi connectivity index (χ2n) is 1.57. The smallest absolute Gasteiger partial charge is 0.374 e. The van der Waals surface area contributed by atoms with E-state index in [1.165, 1.54) is 6.92 Å². The summed E-state index contributed by atoms with van der Waals surface area (Å²) in [6, 6.07) is -1.13. The van der Waals surface area contributed by atoms with Crippen molar-refractivity contribution < 1.29 is 19.5 Å². The van der Waals surface area contributed by atoms with Crippen molar-refractivity contribution in [3.63, 3.8) is 0 Å². The topological polar surface area (TPSA) is 83.8 Å². The van der Waals surface area contributed by atoms with Gasteiger partial charge in [-0.1, -0.05) is 0 Å². The van der Waals surface area contributed by atoms with Crippen molar-refractivity contribution in [3.8, 4) is 0 Å². The van der Waals surface area contributed by atoms with Crippen molar-refractivity contribution >= 4 is 17.8 Å². The second-order valence-corrected chi connectivity index (χ2v) is 1.57. The van der Waals surface area contributed by atoms with Crippen molar-refractivity contribution in [1.82, 2.24) is 0 Å². The molecule has 0 fully saturated rings. The molecule has 0 aliphatic heterocycles. The van der Waals surface area contributed by atoms with Crippen LogP contribution in [0.1, 0.15) is 6.92 Å². The molecule has 54 valence electrons. The summed E-state index contributed by atoms with van der Waals surface area (Å²) in [4.78, 5) is 32.7. The molecule has 0 saturated carbocycles. The van der Waals surface area contributed by atoms with E-state index in [1.807, 2.05) is 0 Å². The maximum atomic E-state index is 10.4. The Labute approximate surface area is 56.4 Å². The normalized spacial score (nSPS) is 11.3. The van der Waals surface area contributed by atoms with Gasteiger partial charge in [0.25, 0.3) is 5.78 Å². The summed E-state index contributed by atoms with van der Waals surface area (Å²) < 4.78 is 0. The number of hydrogen-bond acceptors (Lipinski definition) is 4. The molecule has 0 aliphatic rings. The third-order valence-electron chi connectivity index (χ3n) is 0.837. The molecule has 1 atom stereocenters. The van der Waals surface area contributed by atoms with Gasteiger partial charge in [0.1, 0.15) is 6.04 Å². The van der Waals surface area contributed by atoms with Gasteiger partial charge in [-0.15, -0.1) is 0 Å². The van der Waals surface area contributed by atoms with Crippen molar-refractivity contribution in [2.24, 2.45) is 4.99 Å². The van der Waals surface area contributed by atoms with E-state index in [0.717, 1.165) is 6.08 Å². The number of carboxylic acid groups (broad SMARTS) is 1. The summed E-state index contributed by atoms with van der Waals surface area (Å²) in [6.45, 7) is 1.21. The number of carbonyl (C=O) groups is 2. The average Bonchev–Trinajstić information content (AvgIpc) is 1.87. The molecule has 1 unspecified atom stereocenters. The number of carbonyl (C=O) groups excluding carboxylic acids is 2. The van der Waals surface area contributed by atoms with Gasteiger partial charge in [-0.05, 0) is 6.92 Å². The Morgan fingerprint density at radius 3 is 2.40 bits per heavy atom. The summed E-state index contributed by atoms with van der Waals surface area (Å²) >= 11 is 0. The third kappa shape index (κ3) is 2.19. The quantitative estimate of drug-likeness (QED) is 0.323. The molecule has 0 bridgehead atoms. The molecular weight excluding hydrogens is 138 g/mol. The van der Waals surface area contributed by atoms with Gasteiger partial charge in [0.05, 0.1) is 0 Å². The van der Waals surface area contributed by atoms with E-state index in [2.05, 4.69) is 4.99 Å². The Morgan fingerprint density at radius 2 is 2.10 bits per heavy atom. The Morgan fingerprint density at radius 1 is 1.60 bits per heavy atom. The predicted octanol–water partition coefficient (Wildman–Crippen LogP) is -0.636. The number of isocyanates is 1. The number of carboxylic acids is 1. The lowest BCUT2D eigenvalue weighted by Gasteiger charge is -1.94. The number of hydrogen-bond donors (Lipinski definition) is 1. The number of rotatable bonds is 3. The Balaban J connectivity index is 4.21. The van der Waals surface area contributed by atoms with Crippen LogP contribution in [0.15, 0.2) is 4.99 Å². The summed E-state index contributed by atoms with van der Waals surface area (Å²) in [6.07, 6.45) is 1.09. The number of nitrogens with zero attached hydrogens (tertiary/aromatic N) is 1. The van der Waals surface area contributed by atoms with Crippen molar-refractivity contribution in [2.45, 2.75) is 13.0 Å². The van der Waals surface area contributed by atoms with Gasteiger partial charge in [-0.3, -0.25) is 4.79 Å². The van der Waals surface area contributed by atoms with Crippen LogP contribution in [-0.2, 0) is 14.4 Å². The van der Waals surface area contributed by atoms with Gasteiger partial charge < -0.3 is 5.11 Å². The lowest BCUT2D eigenvalue weighted by atomic mass is 10.2. The summed E-state index contributed by atoms with van der Waals surface area (Å²) in [5.41, 5.74) is 0. The summed E-state index contributed by atoms with van der Waals surface area (Å²) in [7, 11) is 0. The molecule has 0 aromatic heterocycles. The lowest BCUT2D eigenvalue weighted by Crippen LogP contribution is -2.23. The first-order chi connectivity index (χ1) is 4.59.